The molecule has 0 spiro atoms. The van der Waals surface area contributed by atoms with Gasteiger partial charge < -0.3 is 15.4 Å². The predicted octanol–water partition coefficient (Wildman–Crippen LogP) is 0.367. The standard InChI is InChI=1S/C7H10N4O2S/c1-4-9-6(14-11-4)8-2-5-3-13-7(12)10-5/h5H,2-3H2,1H3,(H,10,12)(H,8,9,11). The number of amides is 1. The molecule has 2 N–H and O–H groups in total. The topological polar surface area (TPSA) is 76.1 Å². The fourth-order valence-corrected chi connectivity index (χ4v) is 1.70. The van der Waals surface area contributed by atoms with Crippen LogP contribution in [-0.4, -0.2) is 34.6 Å². The molecule has 76 valence electrons. The number of rotatable bonds is 3. The number of aryl methyl sites for hydroxylation is 1. The molecule has 0 radical (unpaired) electrons. The van der Waals surface area contributed by atoms with E-state index in [4.69, 9.17) is 4.74 Å². The zero-order chi connectivity index (χ0) is 9.97. The Bertz CT molecular complexity index is 340. The zero-order valence-corrected chi connectivity index (χ0v) is 8.43. The summed E-state index contributed by atoms with van der Waals surface area (Å²) >= 11 is 1.31. The third-order valence-electron chi connectivity index (χ3n) is 1.76. The summed E-state index contributed by atoms with van der Waals surface area (Å²) in [6, 6.07) is 0.0201. The van der Waals surface area contributed by atoms with Crippen molar-refractivity contribution in [2.75, 3.05) is 18.5 Å². The second-order valence-electron chi connectivity index (χ2n) is 2.97. The normalized spacial score (nSPS) is 20.4. The van der Waals surface area contributed by atoms with Gasteiger partial charge in [0.25, 0.3) is 0 Å². The number of nitrogens with zero attached hydrogens (tertiary/aromatic N) is 2. The molecule has 1 aliphatic rings. The summed E-state index contributed by atoms with van der Waals surface area (Å²) in [6.45, 7) is 2.85. The van der Waals surface area contributed by atoms with Gasteiger partial charge in [-0.25, -0.2) is 9.78 Å². The van der Waals surface area contributed by atoms with E-state index >= 15 is 0 Å². The number of hydrogen-bond acceptors (Lipinski definition) is 6. The molecule has 0 aromatic carbocycles. The van der Waals surface area contributed by atoms with Crippen LogP contribution in [0.15, 0.2) is 0 Å². The van der Waals surface area contributed by atoms with Crippen molar-refractivity contribution >= 4 is 22.8 Å². The predicted molar refractivity (Wildman–Crippen MR) is 51.4 cm³/mol. The van der Waals surface area contributed by atoms with Crippen LogP contribution in [0.4, 0.5) is 9.93 Å². The average molecular weight is 214 g/mol. The van der Waals surface area contributed by atoms with Crippen LogP contribution in [0.2, 0.25) is 0 Å². The number of cyclic esters (lactones) is 1. The van der Waals surface area contributed by atoms with E-state index in [0.717, 1.165) is 11.0 Å². The largest absolute Gasteiger partial charge is 0.447 e. The lowest BCUT2D eigenvalue weighted by Crippen LogP contribution is -2.33. The highest BCUT2D eigenvalue weighted by molar-refractivity contribution is 7.09. The molecule has 1 unspecified atom stereocenters. The van der Waals surface area contributed by atoms with Crippen molar-refractivity contribution in [3.05, 3.63) is 5.82 Å². The molecule has 1 aliphatic heterocycles. The molecule has 1 atom stereocenters. The Morgan fingerprint density at radius 1 is 1.79 bits per heavy atom. The van der Waals surface area contributed by atoms with Gasteiger partial charge in [0.05, 0.1) is 6.04 Å². The second-order valence-corrected chi connectivity index (χ2v) is 3.72. The fraction of sp³-hybridized carbons (Fsp3) is 0.571. The first-order valence-electron chi connectivity index (χ1n) is 4.21. The molecular formula is C7H10N4O2S. The van der Waals surface area contributed by atoms with Crippen molar-refractivity contribution in [2.24, 2.45) is 0 Å². The number of anilines is 1. The summed E-state index contributed by atoms with van der Waals surface area (Å²) in [5, 5.41) is 6.51. The lowest BCUT2D eigenvalue weighted by Gasteiger charge is -2.06. The van der Waals surface area contributed by atoms with Crippen LogP contribution in [0.3, 0.4) is 0 Å². The van der Waals surface area contributed by atoms with Crippen molar-refractivity contribution in [1.29, 1.82) is 0 Å². The fourth-order valence-electron chi connectivity index (χ4n) is 1.12. The van der Waals surface area contributed by atoms with E-state index in [1.807, 2.05) is 6.92 Å². The third-order valence-corrected chi connectivity index (χ3v) is 2.53. The summed E-state index contributed by atoms with van der Waals surface area (Å²) in [5.74, 6) is 0.754. The average Bonchev–Trinajstić information content (AvgIpc) is 2.72. The highest BCUT2D eigenvalue weighted by Gasteiger charge is 2.21. The molecule has 1 aromatic rings. The second kappa shape index (κ2) is 3.79. The van der Waals surface area contributed by atoms with Crippen LogP contribution >= 0.6 is 11.5 Å². The van der Waals surface area contributed by atoms with Crippen LogP contribution in [0.5, 0.6) is 0 Å². The maximum atomic E-state index is 10.7. The summed E-state index contributed by atoms with van der Waals surface area (Å²) in [7, 11) is 0. The summed E-state index contributed by atoms with van der Waals surface area (Å²) in [6.07, 6.45) is -0.356. The van der Waals surface area contributed by atoms with Gasteiger partial charge in [-0.15, -0.1) is 0 Å². The monoisotopic (exact) mass is 214 g/mol. The highest BCUT2D eigenvalue weighted by atomic mass is 32.1. The first-order chi connectivity index (χ1) is 6.74. The van der Waals surface area contributed by atoms with E-state index in [1.54, 1.807) is 0 Å². The molecule has 1 saturated heterocycles. The quantitative estimate of drug-likeness (QED) is 0.760. The van der Waals surface area contributed by atoms with E-state index < -0.39 is 0 Å². The highest BCUT2D eigenvalue weighted by Crippen LogP contribution is 2.10. The minimum Gasteiger partial charge on any atom is -0.447 e. The maximum absolute atomic E-state index is 10.7. The molecule has 7 heteroatoms. The summed E-state index contributed by atoms with van der Waals surface area (Å²) in [4.78, 5) is 14.8. The first-order valence-corrected chi connectivity index (χ1v) is 4.99. The van der Waals surface area contributed by atoms with Gasteiger partial charge in [0.2, 0.25) is 5.13 Å². The van der Waals surface area contributed by atoms with Gasteiger partial charge in [-0.3, -0.25) is 0 Å². The molecule has 0 aliphatic carbocycles. The van der Waals surface area contributed by atoms with E-state index in [-0.39, 0.29) is 12.1 Å². The van der Waals surface area contributed by atoms with Crippen LogP contribution in [0.1, 0.15) is 5.82 Å². The Kier molecular flexibility index (Phi) is 2.49. The minimum atomic E-state index is -0.356. The molecule has 1 aromatic heterocycles. The van der Waals surface area contributed by atoms with Gasteiger partial charge >= 0.3 is 6.09 Å². The van der Waals surface area contributed by atoms with Crippen molar-refractivity contribution in [3.63, 3.8) is 0 Å². The van der Waals surface area contributed by atoms with Gasteiger partial charge in [0, 0.05) is 18.1 Å². The van der Waals surface area contributed by atoms with Crippen molar-refractivity contribution in [1.82, 2.24) is 14.7 Å². The Morgan fingerprint density at radius 2 is 2.64 bits per heavy atom. The Labute approximate surface area is 84.8 Å². The van der Waals surface area contributed by atoms with Crippen molar-refractivity contribution in [2.45, 2.75) is 13.0 Å². The Balaban J connectivity index is 1.80. The van der Waals surface area contributed by atoms with Crippen LogP contribution in [0, 0.1) is 6.92 Å². The number of ether oxygens (including phenoxy) is 1. The van der Waals surface area contributed by atoms with E-state index in [9.17, 15) is 4.79 Å². The molecule has 0 saturated carbocycles. The summed E-state index contributed by atoms with van der Waals surface area (Å²) < 4.78 is 8.76. The number of carbonyl (C=O) groups excluding carboxylic acids is 1. The Hall–Kier alpha value is -1.37. The maximum Gasteiger partial charge on any atom is 0.407 e. The first kappa shape index (κ1) is 9.20. The SMILES string of the molecule is Cc1nsc(NCC2COC(=O)N2)n1. The summed E-state index contributed by atoms with van der Waals surface area (Å²) in [5.41, 5.74) is 0. The van der Waals surface area contributed by atoms with Gasteiger partial charge in [0.1, 0.15) is 12.4 Å². The molecule has 1 amide bonds. The van der Waals surface area contributed by atoms with Crippen LogP contribution in [0.25, 0.3) is 0 Å². The number of nitrogens with one attached hydrogen (secondary N) is 2. The molecular weight excluding hydrogens is 204 g/mol. The number of alkyl carbamates (subject to hydrolysis) is 1. The van der Waals surface area contributed by atoms with Gasteiger partial charge in [0.15, 0.2) is 0 Å². The number of hydrogen-bond donors (Lipinski definition) is 2. The smallest absolute Gasteiger partial charge is 0.407 e. The number of aromatic nitrogens is 2. The van der Waals surface area contributed by atoms with Crippen LogP contribution in [-0.2, 0) is 4.74 Å². The van der Waals surface area contributed by atoms with Crippen molar-refractivity contribution < 1.29 is 9.53 Å². The van der Waals surface area contributed by atoms with E-state index in [1.165, 1.54) is 11.5 Å². The van der Waals surface area contributed by atoms with E-state index in [0.29, 0.717) is 13.2 Å². The molecule has 2 rings (SSSR count). The lowest BCUT2D eigenvalue weighted by molar-refractivity contribution is 0.177. The lowest BCUT2D eigenvalue weighted by atomic mass is 10.3. The molecule has 14 heavy (non-hydrogen) atoms. The number of carbonyl (C=O) groups is 1. The zero-order valence-electron chi connectivity index (χ0n) is 7.61. The van der Waals surface area contributed by atoms with E-state index in [2.05, 4.69) is 20.0 Å². The van der Waals surface area contributed by atoms with Crippen LogP contribution < -0.4 is 10.6 Å². The van der Waals surface area contributed by atoms with Gasteiger partial charge in [-0.1, -0.05) is 0 Å². The minimum absolute atomic E-state index is 0.0201. The Morgan fingerprint density at radius 3 is 3.21 bits per heavy atom. The van der Waals surface area contributed by atoms with Gasteiger partial charge in [-0.05, 0) is 6.92 Å². The molecule has 6 nitrogen and oxygen atoms in total. The molecule has 0 bridgehead atoms. The molecule has 2 heterocycles. The van der Waals surface area contributed by atoms with Gasteiger partial charge in [-0.2, -0.15) is 4.37 Å². The third kappa shape index (κ3) is 2.11. The van der Waals surface area contributed by atoms with Crippen molar-refractivity contribution in [3.8, 4) is 0 Å². The molecule has 1 fully saturated rings.